The fourth-order valence-corrected chi connectivity index (χ4v) is 2.04. The molecule has 0 bridgehead atoms. The first-order valence-corrected chi connectivity index (χ1v) is 6.66. The van der Waals surface area contributed by atoms with Crippen LogP contribution >= 0.6 is 0 Å². The molecule has 10 heteroatoms. The van der Waals surface area contributed by atoms with Gasteiger partial charge in [-0.1, -0.05) is 5.16 Å². The van der Waals surface area contributed by atoms with Gasteiger partial charge in [-0.25, -0.2) is 0 Å². The number of hydrogen-bond donors (Lipinski definition) is 1. The summed E-state index contributed by atoms with van der Waals surface area (Å²) in [4.78, 5) is 21.9. The minimum atomic E-state index is -4.80. The lowest BCUT2D eigenvalue weighted by molar-refractivity contribution is -0.385. The fraction of sp³-hybridized carbons (Fsp3) is 0.286. The molecule has 2 rings (SSSR count). The van der Waals surface area contributed by atoms with E-state index in [-0.39, 0.29) is 6.54 Å². The summed E-state index contributed by atoms with van der Waals surface area (Å²) in [5, 5.41) is 16.9. The SMILES string of the molecule is Cc1noc(C)c1CNC(=O)c1cc([N+](=O)[O-])cc(C(F)(F)F)c1. The lowest BCUT2D eigenvalue weighted by Gasteiger charge is -2.09. The molecule has 0 aliphatic carbocycles. The van der Waals surface area contributed by atoms with Gasteiger partial charge in [-0.15, -0.1) is 0 Å². The molecule has 0 radical (unpaired) electrons. The zero-order chi connectivity index (χ0) is 18.1. The number of carbonyl (C=O) groups is 1. The lowest BCUT2D eigenvalue weighted by Crippen LogP contribution is -2.24. The van der Waals surface area contributed by atoms with Gasteiger partial charge >= 0.3 is 6.18 Å². The van der Waals surface area contributed by atoms with E-state index < -0.39 is 33.8 Å². The van der Waals surface area contributed by atoms with Crippen molar-refractivity contribution in [1.29, 1.82) is 0 Å². The van der Waals surface area contributed by atoms with Crippen LogP contribution in [0.25, 0.3) is 0 Å². The minimum Gasteiger partial charge on any atom is -0.361 e. The average molecular weight is 343 g/mol. The molecule has 1 aromatic heterocycles. The third kappa shape index (κ3) is 3.70. The Balaban J connectivity index is 2.28. The number of aryl methyl sites for hydroxylation is 2. The molecule has 0 saturated carbocycles. The Labute approximate surface area is 133 Å². The predicted molar refractivity (Wildman–Crippen MR) is 75.2 cm³/mol. The van der Waals surface area contributed by atoms with Gasteiger partial charge in [-0.05, 0) is 19.9 Å². The fourth-order valence-electron chi connectivity index (χ4n) is 2.04. The Hall–Kier alpha value is -2.91. The predicted octanol–water partition coefficient (Wildman–Crippen LogP) is 3.15. The van der Waals surface area contributed by atoms with Crippen LogP contribution < -0.4 is 5.32 Å². The van der Waals surface area contributed by atoms with Crippen LogP contribution in [0.15, 0.2) is 22.7 Å². The molecule has 0 atom stereocenters. The number of amides is 1. The maximum absolute atomic E-state index is 12.8. The van der Waals surface area contributed by atoms with Crippen molar-refractivity contribution in [1.82, 2.24) is 10.5 Å². The third-order valence-corrected chi connectivity index (χ3v) is 3.33. The van der Waals surface area contributed by atoms with Crippen LogP contribution in [0.5, 0.6) is 0 Å². The molecule has 0 aliphatic rings. The van der Waals surface area contributed by atoms with Crippen molar-refractivity contribution in [2.75, 3.05) is 0 Å². The summed E-state index contributed by atoms with van der Waals surface area (Å²) in [6, 6.07) is 1.73. The summed E-state index contributed by atoms with van der Waals surface area (Å²) in [5.41, 5.74) is -1.41. The van der Waals surface area contributed by atoms with Gasteiger partial charge in [0.05, 0.1) is 16.2 Å². The van der Waals surface area contributed by atoms with Crippen LogP contribution in [0.4, 0.5) is 18.9 Å². The van der Waals surface area contributed by atoms with Crippen LogP contribution in [-0.2, 0) is 12.7 Å². The first-order chi connectivity index (χ1) is 11.1. The van der Waals surface area contributed by atoms with Gasteiger partial charge in [0.15, 0.2) is 0 Å². The minimum absolute atomic E-state index is 0.0238. The van der Waals surface area contributed by atoms with E-state index in [4.69, 9.17) is 4.52 Å². The van der Waals surface area contributed by atoms with Crippen molar-refractivity contribution in [3.05, 3.63) is 56.5 Å². The number of halogens is 3. The normalized spacial score (nSPS) is 11.4. The Morgan fingerprint density at radius 2 is 2.00 bits per heavy atom. The summed E-state index contributed by atoms with van der Waals surface area (Å²) < 4.78 is 43.4. The maximum atomic E-state index is 12.8. The smallest absolute Gasteiger partial charge is 0.361 e. The lowest BCUT2D eigenvalue weighted by atomic mass is 10.1. The van der Waals surface area contributed by atoms with Crippen LogP contribution in [0.3, 0.4) is 0 Å². The summed E-state index contributed by atoms with van der Waals surface area (Å²) >= 11 is 0. The number of non-ortho nitro benzene ring substituents is 1. The van der Waals surface area contributed by atoms with E-state index in [1.54, 1.807) is 13.8 Å². The number of nitro benzene ring substituents is 1. The number of aromatic nitrogens is 1. The second-order valence-corrected chi connectivity index (χ2v) is 5.01. The van der Waals surface area contributed by atoms with Crippen molar-refractivity contribution in [2.45, 2.75) is 26.6 Å². The van der Waals surface area contributed by atoms with E-state index in [9.17, 15) is 28.1 Å². The van der Waals surface area contributed by atoms with Gasteiger partial charge in [0.25, 0.3) is 11.6 Å². The standard InChI is InChI=1S/C14H12F3N3O4/c1-7-12(8(2)24-19-7)6-18-13(21)9-3-10(14(15,16)17)5-11(4-9)20(22)23/h3-5H,6H2,1-2H3,(H,18,21). The van der Waals surface area contributed by atoms with E-state index in [0.29, 0.717) is 29.2 Å². The van der Waals surface area contributed by atoms with Gasteiger partial charge in [-0.3, -0.25) is 14.9 Å². The molecular weight excluding hydrogens is 331 g/mol. The quantitative estimate of drug-likeness (QED) is 0.679. The van der Waals surface area contributed by atoms with Crippen LogP contribution in [0, 0.1) is 24.0 Å². The van der Waals surface area contributed by atoms with Gasteiger partial charge < -0.3 is 9.84 Å². The molecule has 1 aromatic carbocycles. The monoisotopic (exact) mass is 343 g/mol. The van der Waals surface area contributed by atoms with Gasteiger partial charge in [-0.2, -0.15) is 13.2 Å². The topological polar surface area (TPSA) is 98.3 Å². The molecular formula is C14H12F3N3O4. The van der Waals surface area contributed by atoms with Crippen molar-refractivity contribution >= 4 is 11.6 Å². The number of rotatable bonds is 4. The molecule has 1 heterocycles. The highest BCUT2D eigenvalue weighted by Crippen LogP contribution is 2.32. The van der Waals surface area contributed by atoms with Crippen molar-refractivity contribution in [2.24, 2.45) is 0 Å². The number of nitrogens with one attached hydrogen (secondary N) is 1. The van der Waals surface area contributed by atoms with Crippen LogP contribution in [0.1, 0.15) is 32.9 Å². The molecule has 0 saturated heterocycles. The Morgan fingerprint density at radius 1 is 1.33 bits per heavy atom. The third-order valence-electron chi connectivity index (χ3n) is 3.33. The Bertz CT molecular complexity index is 780. The number of carbonyl (C=O) groups excluding carboxylic acids is 1. The van der Waals surface area contributed by atoms with Crippen molar-refractivity contribution in [3.8, 4) is 0 Å². The molecule has 7 nitrogen and oxygen atoms in total. The largest absolute Gasteiger partial charge is 0.416 e. The number of nitrogens with zero attached hydrogens (tertiary/aromatic N) is 2. The second kappa shape index (κ2) is 6.30. The maximum Gasteiger partial charge on any atom is 0.416 e. The van der Waals surface area contributed by atoms with Gasteiger partial charge in [0.1, 0.15) is 5.76 Å². The number of alkyl halides is 3. The second-order valence-electron chi connectivity index (χ2n) is 5.01. The van der Waals surface area contributed by atoms with Crippen LogP contribution in [-0.4, -0.2) is 16.0 Å². The molecule has 0 unspecified atom stereocenters. The number of benzene rings is 1. The molecule has 1 N–H and O–H groups in total. The molecule has 128 valence electrons. The average Bonchev–Trinajstić information content (AvgIpc) is 2.82. The zero-order valence-corrected chi connectivity index (χ0v) is 12.6. The van der Waals surface area contributed by atoms with E-state index in [1.165, 1.54) is 0 Å². The summed E-state index contributed by atoms with van der Waals surface area (Å²) in [6.07, 6.45) is -4.80. The van der Waals surface area contributed by atoms with E-state index in [2.05, 4.69) is 10.5 Å². The zero-order valence-electron chi connectivity index (χ0n) is 12.6. The van der Waals surface area contributed by atoms with Crippen molar-refractivity contribution < 1.29 is 27.4 Å². The Morgan fingerprint density at radius 3 is 2.50 bits per heavy atom. The Kier molecular flexibility index (Phi) is 4.58. The summed E-state index contributed by atoms with van der Waals surface area (Å²) in [7, 11) is 0. The van der Waals surface area contributed by atoms with E-state index in [0.717, 1.165) is 6.07 Å². The van der Waals surface area contributed by atoms with Crippen LogP contribution in [0.2, 0.25) is 0 Å². The number of nitro groups is 1. The summed E-state index contributed by atoms with van der Waals surface area (Å²) in [5.74, 6) is -0.410. The van der Waals surface area contributed by atoms with E-state index in [1.807, 2.05) is 0 Å². The van der Waals surface area contributed by atoms with E-state index >= 15 is 0 Å². The highest BCUT2D eigenvalue weighted by atomic mass is 19.4. The number of hydrogen-bond acceptors (Lipinski definition) is 5. The molecule has 24 heavy (non-hydrogen) atoms. The molecule has 0 fully saturated rings. The first kappa shape index (κ1) is 17.4. The highest BCUT2D eigenvalue weighted by Gasteiger charge is 2.33. The molecule has 0 aliphatic heterocycles. The molecule has 2 aromatic rings. The summed E-state index contributed by atoms with van der Waals surface area (Å²) in [6.45, 7) is 3.24. The van der Waals surface area contributed by atoms with Crippen molar-refractivity contribution in [3.63, 3.8) is 0 Å². The van der Waals surface area contributed by atoms with Gasteiger partial charge in [0.2, 0.25) is 0 Å². The van der Waals surface area contributed by atoms with Gasteiger partial charge in [0, 0.05) is 29.8 Å². The first-order valence-electron chi connectivity index (χ1n) is 6.66. The highest BCUT2D eigenvalue weighted by molar-refractivity contribution is 5.95. The molecule has 1 amide bonds. The molecule has 0 spiro atoms.